The summed E-state index contributed by atoms with van der Waals surface area (Å²) in [7, 11) is 0. The summed E-state index contributed by atoms with van der Waals surface area (Å²) in [5, 5.41) is 9.50. The molecule has 130 valence electrons. The first-order valence-corrected chi connectivity index (χ1v) is 8.11. The molecule has 5 heteroatoms. The van der Waals surface area contributed by atoms with Gasteiger partial charge in [0.05, 0.1) is 6.61 Å². The minimum Gasteiger partial charge on any atom is -0.458 e. The third kappa shape index (κ3) is 4.45. The zero-order valence-electron chi connectivity index (χ0n) is 14.0. The molecule has 2 rings (SSSR count). The number of esters is 2. The van der Waals surface area contributed by atoms with Crippen molar-refractivity contribution in [3.63, 3.8) is 0 Å². The maximum atomic E-state index is 11.8. The maximum Gasteiger partial charge on any atom is 0.334 e. The summed E-state index contributed by atoms with van der Waals surface area (Å²) in [6, 6.07) is 0. The van der Waals surface area contributed by atoms with Crippen LogP contribution in [0, 0.1) is 5.92 Å². The van der Waals surface area contributed by atoms with E-state index in [1.165, 1.54) is 0 Å². The van der Waals surface area contributed by atoms with E-state index in [-0.39, 0.29) is 31.2 Å². The average molecular weight is 332 g/mol. The lowest BCUT2D eigenvalue weighted by Crippen LogP contribution is -2.19. The molecule has 0 saturated carbocycles. The van der Waals surface area contributed by atoms with Gasteiger partial charge in [0, 0.05) is 23.5 Å². The van der Waals surface area contributed by atoms with Gasteiger partial charge in [0.25, 0.3) is 0 Å². The fourth-order valence-electron chi connectivity index (χ4n) is 2.89. The highest BCUT2D eigenvalue weighted by Crippen LogP contribution is 2.34. The Bertz CT molecular complexity index is 611. The number of rotatable bonds is 4. The molecule has 0 bridgehead atoms. The molecule has 24 heavy (non-hydrogen) atoms. The van der Waals surface area contributed by atoms with E-state index >= 15 is 0 Å². The molecule has 5 nitrogen and oxygen atoms in total. The topological polar surface area (TPSA) is 72.8 Å². The van der Waals surface area contributed by atoms with Crippen LogP contribution in [0.25, 0.3) is 0 Å². The Kier molecular flexibility index (Phi) is 6.15. The Balaban J connectivity index is 2.15. The van der Waals surface area contributed by atoms with Crippen molar-refractivity contribution in [3.05, 3.63) is 47.6 Å². The molecule has 1 aliphatic heterocycles. The Morgan fingerprint density at radius 3 is 2.83 bits per heavy atom. The molecule has 0 amide bonds. The zero-order valence-corrected chi connectivity index (χ0v) is 14.0. The van der Waals surface area contributed by atoms with Gasteiger partial charge in [0.15, 0.2) is 0 Å². The molecule has 0 aromatic rings. The van der Waals surface area contributed by atoms with E-state index in [0.29, 0.717) is 24.0 Å². The normalized spacial score (nSPS) is 26.6. The summed E-state index contributed by atoms with van der Waals surface area (Å²) >= 11 is 0. The molecular formula is C19H24O5. The van der Waals surface area contributed by atoms with E-state index in [0.717, 1.165) is 24.0 Å². The number of aliphatic hydroxyl groups is 1. The van der Waals surface area contributed by atoms with E-state index in [1.54, 1.807) is 6.92 Å². The standard InChI is InChI=1S/C19H24O5/c1-12(2)18(21)23-11-14-5-4-6-15(10-20)9-17-16(8-7-14)13(3)19(22)24-17/h6-7,16-17,20H,1,3-5,8-11H2,2H3/b14-7-,15-6?/t16-,17+/m1/s1. The first kappa shape index (κ1) is 18.2. The van der Waals surface area contributed by atoms with Crippen molar-refractivity contribution in [3.8, 4) is 0 Å². The van der Waals surface area contributed by atoms with E-state index in [4.69, 9.17) is 9.47 Å². The molecule has 0 aromatic carbocycles. The number of aliphatic hydroxyl groups excluding tert-OH is 1. The largest absolute Gasteiger partial charge is 0.458 e. The third-order valence-electron chi connectivity index (χ3n) is 4.38. The highest BCUT2D eigenvalue weighted by atomic mass is 16.6. The molecule has 0 unspecified atom stereocenters. The molecule has 2 atom stereocenters. The van der Waals surface area contributed by atoms with Crippen LogP contribution in [0.4, 0.5) is 0 Å². The van der Waals surface area contributed by atoms with E-state index in [9.17, 15) is 14.7 Å². The minimum absolute atomic E-state index is 0.0586. The van der Waals surface area contributed by atoms with Crippen molar-refractivity contribution in [2.45, 2.75) is 38.7 Å². The van der Waals surface area contributed by atoms with Crippen LogP contribution in [0.3, 0.4) is 0 Å². The Hall–Kier alpha value is -2.14. The fraction of sp³-hybridized carbons (Fsp3) is 0.474. The van der Waals surface area contributed by atoms with Crippen molar-refractivity contribution in [1.29, 1.82) is 0 Å². The summed E-state index contributed by atoms with van der Waals surface area (Å²) in [4.78, 5) is 23.4. The molecule has 0 aromatic heterocycles. The number of fused-ring (bicyclic) bond motifs is 1. The van der Waals surface area contributed by atoms with Gasteiger partial charge in [-0.15, -0.1) is 0 Å². The van der Waals surface area contributed by atoms with Crippen molar-refractivity contribution < 1.29 is 24.2 Å². The summed E-state index contributed by atoms with van der Waals surface area (Å²) < 4.78 is 10.6. The van der Waals surface area contributed by atoms with Crippen LogP contribution < -0.4 is 0 Å². The number of carbonyl (C=O) groups excluding carboxylic acids is 2. The van der Waals surface area contributed by atoms with Gasteiger partial charge >= 0.3 is 11.9 Å². The molecule has 0 radical (unpaired) electrons. The number of ether oxygens (including phenoxy) is 2. The molecule has 0 spiro atoms. The quantitative estimate of drug-likeness (QED) is 0.487. The zero-order chi connectivity index (χ0) is 17.7. The smallest absolute Gasteiger partial charge is 0.334 e. The van der Waals surface area contributed by atoms with Crippen molar-refractivity contribution >= 4 is 11.9 Å². The van der Waals surface area contributed by atoms with Gasteiger partial charge < -0.3 is 14.6 Å². The van der Waals surface area contributed by atoms with E-state index in [1.807, 2.05) is 12.2 Å². The second kappa shape index (κ2) is 8.11. The molecular weight excluding hydrogens is 308 g/mol. The lowest BCUT2D eigenvalue weighted by atomic mass is 9.87. The predicted octanol–water partition coefficient (Wildman–Crippen LogP) is 2.62. The highest BCUT2D eigenvalue weighted by Gasteiger charge is 2.38. The summed E-state index contributed by atoms with van der Waals surface area (Å²) in [6.45, 7) is 9.15. The van der Waals surface area contributed by atoms with Gasteiger partial charge in [-0.2, -0.15) is 0 Å². The second-order valence-corrected chi connectivity index (χ2v) is 6.29. The Morgan fingerprint density at radius 2 is 2.17 bits per heavy atom. The van der Waals surface area contributed by atoms with Gasteiger partial charge in [0.2, 0.25) is 0 Å². The van der Waals surface area contributed by atoms with Crippen LogP contribution in [0.15, 0.2) is 47.6 Å². The van der Waals surface area contributed by atoms with Crippen LogP contribution in [0.2, 0.25) is 0 Å². The molecule has 2 aliphatic rings. The van der Waals surface area contributed by atoms with Gasteiger partial charge in [-0.25, -0.2) is 9.59 Å². The first-order valence-electron chi connectivity index (χ1n) is 8.11. The van der Waals surface area contributed by atoms with Crippen LogP contribution >= 0.6 is 0 Å². The number of hydrogen-bond donors (Lipinski definition) is 1. The molecule has 1 aliphatic carbocycles. The first-order chi connectivity index (χ1) is 11.4. The van der Waals surface area contributed by atoms with Crippen molar-refractivity contribution in [1.82, 2.24) is 0 Å². The van der Waals surface area contributed by atoms with Crippen LogP contribution in [-0.4, -0.2) is 36.4 Å². The van der Waals surface area contributed by atoms with E-state index in [2.05, 4.69) is 13.2 Å². The molecule has 1 N–H and O–H groups in total. The van der Waals surface area contributed by atoms with Gasteiger partial charge in [-0.3, -0.25) is 0 Å². The van der Waals surface area contributed by atoms with Crippen LogP contribution in [-0.2, 0) is 19.1 Å². The minimum atomic E-state index is -0.416. The summed E-state index contributed by atoms with van der Waals surface area (Å²) in [5.74, 6) is -0.899. The van der Waals surface area contributed by atoms with E-state index < -0.39 is 5.97 Å². The lowest BCUT2D eigenvalue weighted by Gasteiger charge is -2.19. The lowest BCUT2D eigenvalue weighted by molar-refractivity contribution is -0.139. The Morgan fingerprint density at radius 1 is 1.42 bits per heavy atom. The van der Waals surface area contributed by atoms with Crippen molar-refractivity contribution in [2.75, 3.05) is 13.2 Å². The van der Waals surface area contributed by atoms with Gasteiger partial charge in [-0.05, 0) is 37.3 Å². The number of hydrogen-bond acceptors (Lipinski definition) is 5. The Labute approximate surface area is 142 Å². The van der Waals surface area contributed by atoms with Gasteiger partial charge in [-0.1, -0.05) is 25.3 Å². The summed E-state index contributed by atoms with van der Waals surface area (Å²) in [6.07, 6.45) is 6.27. The predicted molar refractivity (Wildman–Crippen MR) is 90.0 cm³/mol. The maximum absolute atomic E-state index is 11.8. The fourth-order valence-corrected chi connectivity index (χ4v) is 2.89. The highest BCUT2D eigenvalue weighted by molar-refractivity contribution is 5.90. The SMILES string of the molecule is C=C(C)C(=O)OC/C1=C\C[C@@H]2C(=C)C(=O)O[C@H]2CC(CO)=CCC1. The number of allylic oxidation sites excluding steroid dienone is 2. The van der Waals surface area contributed by atoms with Crippen molar-refractivity contribution in [2.24, 2.45) is 5.92 Å². The number of carbonyl (C=O) groups is 2. The van der Waals surface area contributed by atoms with Gasteiger partial charge in [0.1, 0.15) is 12.7 Å². The average Bonchev–Trinajstić information content (AvgIpc) is 2.82. The van der Waals surface area contributed by atoms with Crippen LogP contribution in [0.5, 0.6) is 0 Å². The monoisotopic (exact) mass is 332 g/mol. The summed E-state index contributed by atoms with van der Waals surface area (Å²) in [5.41, 5.74) is 2.66. The molecule has 1 heterocycles. The molecule has 1 fully saturated rings. The third-order valence-corrected chi connectivity index (χ3v) is 4.38. The van der Waals surface area contributed by atoms with Crippen LogP contribution in [0.1, 0.15) is 32.6 Å². The molecule has 1 saturated heterocycles. The second-order valence-electron chi connectivity index (χ2n) is 6.29.